The van der Waals surface area contributed by atoms with Gasteiger partial charge in [0, 0.05) is 31.6 Å². The molecule has 0 unspecified atom stereocenters. The molecule has 138 valence electrons. The molecule has 26 heavy (non-hydrogen) atoms. The van der Waals surface area contributed by atoms with Crippen molar-refractivity contribution >= 4 is 38.5 Å². The van der Waals surface area contributed by atoms with Gasteiger partial charge in [0.05, 0.1) is 6.20 Å². The summed E-state index contributed by atoms with van der Waals surface area (Å²) in [6.45, 7) is 1.63. The zero-order valence-corrected chi connectivity index (χ0v) is 15.4. The number of anilines is 1. The summed E-state index contributed by atoms with van der Waals surface area (Å²) in [4.78, 5) is 17.8. The van der Waals surface area contributed by atoms with E-state index in [0.717, 1.165) is 16.9 Å². The van der Waals surface area contributed by atoms with E-state index in [1.165, 1.54) is 15.9 Å². The van der Waals surface area contributed by atoms with Crippen LogP contribution in [-0.4, -0.2) is 55.0 Å². The van der Waals surface area contributed by atoms with E-state index in [9.17, 15) is 13.2 Å². The van der Waals surface area contributed by atoms with E-state index in [4.69, 9.17) is 5.21 Å². The summed E-state index contributed by atoms with van der Waals surface area (Å²) in [7, 11) is -3.49. The van der Waals surface area contributed by atoms with Gasteiger partial charge in [0.2, 0.25) is 10.0 Å². The molecule has 2 N–H and O–H groups in total. The third-order valence-corrected chi connectivity index (χ3v) is 6.54. The van der Waals surface area contributed by atoms with Gasteiger partial charge in [-0.05, 0) is 11.6 Å². The van der Waals surface area contributed by atoms with E-state index in [-0.39, 0.29) is 0 Å². The Bertz CT molecular complexity index is 888. The number of hydrogen-bond acceptors (Lipinski definition) is 7. The molecule has 1 amide bonds. The first-order chi connectivity index (χ1) is 12.5. The number of hydrogen-bond donors (Lipinski definition) is 2. The summed E-state index contributed by atoms with van der Waals surface area (Å²) in [6, 6.07) is 9.26. The Kier molecular flexibility index (Phi) is 5.67. The van der Waals surface area contributed by atoms with Crippen molar-refractivity contribution in [3.8, 4) is 0 Å². The van der Waals surface area contributed by atoms with Gasteiger partial charge in [-0.3, -0.25) is 10.0 Å². The van der Waals surface area contributed by atoms with Crippen LogP contribution in [0.15, 0.2) is 41.9 Å². The Morgan fingerprint density at radius 2 is 1.88 bits per heavy atom. The fourth-order valence-electron chi connectivity index (χ4n) is 2.52. The molecule has 2 aromatic rings. The van der Waals surface area contributed by atoms with Gasteiger partial charge >= 0.3 is 0 Å². The molecule has 1 aromatic carbocycles. The Morgan fingerprint density at radius 3 is 2.54 bits per heavy atom. The maximum Gasteiger partial charge on any atom is 0.286 e. The lowest BCUT2D eigenvalue weighted by Crippen LogP contribution is -2.48. The maximum absolute atomic E-state index is 12.5. The van der Waals surface area contributed by atoms with Gasteiger partial charge in [0.15, 0.2) is 5.13 Å². The van der Waals surface area contributed by atoms with E-state index in [1.807, 2.05) is 35.2 Å². The molecule has 1 aromatic heterocycles. The molecule has 0 atom stereocenters. The van der Waals surface area contributed by atoms with Crippen LogP contribution in [-0.2, 0) is 10.0 Å². The van der Waals surface area contributed by atoms with Gasteiger partial charge in [-0.15, -0.1) is 0 Å². The molecule has 1 aliphatic rings. The van der Waals surface area contributed by atoms with E-state index < -0.39 is 15.9 Å². The molecule has 0 aliphatic carbocycles. The van der Waals surface area contributed by atoms with Crippen molar-refractivity contribution in [1.82, 2.24) is 14.8 Å². The molecular formula is C16H18N4O4S2. The van der Waals surface area contributed by atoms with Crippen LogP contribution in [0.5, 0.6) is 0 Å². The van der Waals surface area contributed by atoms with Crippen molar-refractivity contribution in [3.63, 3.8) is 0 Å². The Balaban J connectivity index is 1.61. The normalized spacial score (nSPS) is 16.1. The standard InChI is InChI=1S/C16H18N4O4S2/c21-15(18-22)14-12-17-16(25-14)19-7-9-20(10-8-19)26(23,24)11-6-13-4-2-1-3-5-13/h1-6,11-12,22H,7-10H2,(H,18,21). The highest BCUT2D eigenvalue weighted by molar-refractivity contribution is 7.92. The molecule has 3 rings (SSSR count). The minimum absolute atomic E-state index is 0.295. The zero-order valence-electron chi connectivity index (χ0n) is 13.8. The molecule has 1 saturated heterocycles. The molecule has 0 saturated carbocycles. The van der Waals surface area contributed by atoms with Crippen LogP contribution in [0.3, 0.4) is 0 Å². The fraction of sp³-hybridized carbons (Fsp3) is 0.250. The number of sulfonamides is 1. The molecular weight excluding hydrogens is 376 g/mol. The quantitative estimate of drug-likeness (QED) is 0.587. The number of thiazole rings is 1. The number of benzene rings is 1. The first-order valence-corrected chi connectivity index (χ1v) is 10.2. The van der Waals surface area contributed by atoms with Crippen molar-refractivity contribution in [2.24, 2.45) is 0 Å². The number of amides is 1. The van der Waals surface area contributed by atoms with Crippen molar-refractivity contribution in [2.75, 3.05) is 31.1 Å². The molecule has 0 radical (unpaired) electrons. The highest BCUT2D eigenvalue weighted by atomic mass is 32.2. The van der Waals surface area contributed by atoms with Crippen LogP contribution in [0.2, 0.25) is 0 Å². The number of hydroxylamine groups is 1. The summed E-state index contributed by atoms with van der Waals surface area (Å²) in [5.74, 6) is -0.610. The summed E-state index contributed by atoms with van der Waals surface area (Å²) < 4.78 is 26.4. The minimum atomic E-state index is -3.49. The van der Waals surface area contributed by atoms with Crippen LogP contribution < -0.4 is 10.4 Å². The average Bonchev–Trinajstić information content (AvgIpc) is 3.17. The highest BCUT2D eigenvalue weighted by Gasteiger charge is 2.26. The molecule has 1 fully saturated rings. The fourth-order valence-corrected chi connectivity index (χ4v) is 4.55. The van der Waals surface area contributed by atoms with Crippen molar-refractivity contribution in [3.05, 3.63) is 52.4 Å². The predicted octanol–water partition coefficient (Wildman–Crippen LogP) is 1.38. The zero-order chi connectivity index (χ0) is 18.6. The predicted molar refractivity (Wildman–Crippen MR) is 99.5 cm³/mol. The van der Waals surface area contributed by atoms with E-state index >= 15 is 0 Å². The largest absolute Gasteiger partial charge is 0.345 e. The van der Waals surface area contributed by atoms with Crippen LogP contribution in [0, 0.1) is 0 Å². The number of piperazine rings is 1. The maximum atomic E-state index is 12.5. The lowest BCUT2D eigenvalue weighted by atomic mass is 10.2. The van der Waals surface area contributed by atoms with Crippen LogP contribution >= 0.6 is 11.3 Å². The van der Waals surface area contributed by atoms with Crippen LogP contribution in [0.25, 0.3) is 6.08 Å². The lowest BCUT2D eigenvalue weighted by Gasteiger charge is -2.33. The second kappa shape index (κ2) is 7.96. The summed E-state index contributed by atoms with van der Waals surface area (Å²) in [5.41, 5.74) is 2.40. The second-order valence-corrected chi connectivity index (χ2v) is 8.42. The van der Waals surface area contributed by atoms with Gasteiger partial charge in [-0.25, -0.2) is 18.9 Å². The van der Waals surface area contributed by atoms with E-state index in [1.54, 1.807) is 11.6 Å². The molecule has 0 bridgehead atoms. The topological polar surface area (TPSA) is 103 Å². The molecule has 0 spiro atoms. The first-order valence-electron chi connectivity index (χ1n) is 7.88. The number of carbonyl (C=O) groups excluding carboxylic acids is 1. The van der Waals surface area contributed by atoms with Gasteiger partial charge in [-0.2, -0.15) is 4.31 Å². The number of aromatic nitrogens is 1. The van der Waals surface area contributed by atoms with Crippen molar-refractivity contribution in [2.45, 2.75) is 0 Å². The second-order valence-electron chi connectivity index (χ2n) is 5.59. The van der Waals surface area contributed by atoms with Gasteiger partial charge < -0.3 is 4.90 Å². The van der Waals surface area contributed by atoms with Gasteiger partial charge in [0.25, 0.3) is 5.91 Å². The SMILES string of the molecule is O=C(NO)c1cnc(N2CCN(S(=O)(=O)C=Cc3ccccc3)CC2)s1. The third kappa shape index (κ3) is 4.28. The van der Waals surface area contributed by atoms with Crippen LogP contribution in [0.1, 0.15) is 15.2 Å². The van der Waals surface area contributed by atoms with Gasteiger partial charge in [-0.1, -0.05) is 41.7 Å². The average molecular weight is 394 g/mol. The van der Waals surface area contributed by atoms with Crippen LogP contribution in [0.4, 0.5) is 5.13 Å². The number of carbonyl (C=O) groups is 1. The number of nitrogens with one attached hydrogen (secondary N) is 1. The molecule has 8 nitrogen and oxygen atoms in total. The lowest BCUT2D eigenvalue weighted by molar-refractivity contribution is 0.0710. The Labute approximate surface area is 155 Å². The monoisotopic (exact) mass is 394 g/mol. The Morgan fingerprint density at radius 1 is 1.19 bits per heavy atom. The van der Waals surface area contributed by atoms with E-state index in [2.05, 4.69) is 4.98 Å². The number of nitrogens with zero attached hydrogens (tertiary/aromatic N) is 3. The Hall–Kier alpha value is -2.27. The molecule has 10 heteroatoms. The summed E-state index contributed by atoms with van der Waals surface area (Å²) in [6.07, 6.45) is 2.97. The highest BCUT2D eigenvalue weighted by Crippen LogP contribution is 2.24. The smallest absolute Gasteiger partial charge is 0.286 e. The van der Waals surface area contributed by atoms with Crippen molar-refractivity contribution < 1.29 is 18.4 Å². The van der Waals surface area contributed by atoms with Crippen molar-refractivity contribution in [1.29, 1.82) is 0 Å². The minimum Gasteiger partial charge on any atom is -0.345 e. The molecule has 1 aliphatic heterocycles. The third-order valence-electron chi connectivity index (χ3n) is 3.92. The molecule has 2 heterocycles. The number of rotatable bonds is 5. The summed E-state index contributed by atoms with van der Waals surface area (Å²) >= 11 is 1.15. The first kappa shape index (κ1) is 18.5. The van der Waals surface area contributed by atoms with Gasteiger partial charge in [0.1, 0.15) is 4.88 Å². The van der Waals surface area contributed by atoms with E-state index in [0.29, 0.717) is 36.2 Å². The summed E-state index contributed by atoms with van der Waals surface area (Å²) in [5, 5.41) is 10.5.